The molecule has 1 rings (SSSR count). The molecule has 0 amide bonds. The van der Waals surface area contributed by atoms with E-state index in [4.69, 9.17) is 5.26 Å². The Balaban J connectivity index is 2.50. The topological polar surface area (TPSA) is 40.9 Å². The second-order valence-electron chi connectivity index (χ2n) is 5.53. The molecule has 2 nitrogen and oxygen atoms in total. The van der Waals surface area contributed by atoms with Gasteiger partial charge in [-0.25, -0.2) is 0 Å². The van der Waals surface area contributed by atoms with Gasteiger partial charge in [-0.15, -0.1) is 0 Å². The van der Waals surface area contributed by atoms with E-state index in [1.165, 1.54) is 6.04 Å². The van der Waals surface area contributed by atoms with Gasteiger partial charge in [0.05, 0.1) is 11.6 Å². The third-order valence-electron chi connectivity index (χ3n) is 2.67. The van der Waals surface area contributed by atoms with Gasteiger partial charge in [-0.1, -0.05) is 37.8 Å². The molecule has 0 radical (unpaired) electrons. The number of carbonyl (C=O) groups is 1. The summed E-state index contributed by atoms with van der Waals surface area (Å²) < 4.78 is 0. The molecule has 0 aliphatic rings. The monoisotopic (exact) mass is 245 g/mol. The van der Waals surface area contributed by atoms with Gasteiger partial charge in [-0.05, 0) is 18.6 Å². The van der Waals surface area contributed by atoms with Crippen molar-refractivity contribution in [1.29, 1.82) is 5.26 Å². The lowest BCUT2D eigenvalue weighted by Gasteiger charge is -2.14. The first kappa shape index (κ1) is 13.7. The first-order valence-corrected chi connectivity index (χ1v) is 9.66. The Morgan fingerprint density at radius 2 is 1.82 bits per heavy atom. The zero-order chi connectivity index (χ0) is 12.9. The summed E-state index contributed by atoms with van der Waals surface area (Å²) in [4.78, 5) is 11.9. The molecule has 0 fully saturated rings. The summed E-state index contributed by atoms with van der Waals surface area (Å²) in [5, 5.41) is 8.67. The molecule has 3 heteroatoms. The van der Waals surface area contributed by atoms with Gasteiger partial charge in [0.15, 0.2) is 5.78 Å². The third-order valence-corrected chi connectivity index (χ3v) is 4.52. The van der Waals surface area contributed by atoms with Crippen LogP contribution in [0.25, 0.3) is 0 Å². The summed E-state index contributed by atoms with van der Waals surface area (Å²) in [5.41, 5.74) is 1.32. The Labute approximate surface area is 104 Å². The second kappa shape index (κ2) is 5.79. The number of nitriles is 1. The highest BCUT2D eigenvalue weighted by Gasteiger charge is 2.13. The number of hydrogen-bond acceptors (Lipinski definition) is 2. The molecule has 1 aromatic rings. The zero-order valence-corrected chi connectivity index (χ0v) is 11.8. The third kappa shape index (κ3) is 4.97. The van der Waals surface area contributed by atoms with Crippen molar-refractivity contribution in [2.24, 2.45) is 0 Å². The number of Topliss-reactive ketones (excluding diaryl/α,β-unsaturated/α-hetero) is 1. The van der Waals surface area contributed by atoms with Crippen molar-refractivity contribution in [2.45, 2.75) is 38.5 Å². The highest BCUT2D eigenvalue weighted by atomic mass is 28.3. The lowest BCUT2D eigenvalue weighted by molar-refractivity contribution is 0.0981. The molecule has 0 aliphatic carbocycles. The van der Waals surface area contributed by atoms with E-state index in [2.05, 4.69) is 25.7 Å². The van der Waals surface area contributed by atoms with Crippen molar-refractivity contribution >= 4 is 13.9 Å². The smallest absolute Gasteiger partial charge is 0.162 e. The fraction of sp³-hybridized carbons (Fsp3) is 0.429. The predicted octanol–water partition coefficient (Wildman–Crippen LogP) is 3.86. The van der Waals surface area contributed by atoms with Crippen LogP contribution < -0.4 is 0 Å². The number of nitrogens with zero attached hydrogens (tertiary/aromatic N) is 1. The second-order valence-corrected chi connectivity index (χ2v) is 11.1. The van der Waals surface area contributed by atoms with E-state index >= 15 is 0 Å². The number of rotatable bonds is 5. The van der Waals surface area contributed by atoms with Gasteiger partial charge in [-0.2, -0.15) is 5.26 Å². The maximum atomic E-state index is 11.9. The van der Waals surface area contributed by atoms with E-state index in [-0.39, 0.29) is 5.78 Å². The van der Waals surface area contributed by atoms with Gasteiger partial charge in [-0.3, -0.25) is 4.79 Å². The first-order valence-electron chi connectivity index (χ1n) is 5.96. The molecule has 0 saturated heterocycles. The molecule has 17 heavy (non-hydrogen) atoms. The summed E-state index contributed by atoms with van der Waals surface area (Å²) in [6.45, 7) is 6.96. The first-order chi connectivity index (χ1) is 7.92. The molecule has 0 saturated carbocycles. The predicted molar refractivity (Wildman–Crippen MR) is 72.9 cm³/mol. The quantitative estimate of drug-likeness (QED) is 0.584. The summed E-state index contributed by atoms with van der Waals surface area (Å²) in [6.07, 6.45) is 1.60. The van der Waals surface area contributed by atoms with E-state index in [1.54, 1.807) is 24.3 Å². The van der Waals surface area contributed by atoms with Gasteiger partial charge < -0.3 is 0 Å². The molecule has 0 aliphatic heterocycles. The normalized spacial score (nSPS) is 10.9. The van der Waals surface area contributed by atoms with Crippen LogP contribution in [0.3, 0.4) is 0 Å². The summed E-state index contributed by atoms with van der Waals surface area (Å²) in [7, 11) is -1.04. The van der Waals surface area contributed by atoms with Crippen molar-refractivity contribution in [2.75, 3.05) is 0 Å². The highest BCUT2D eigenvalue weighted by molar-refractivity contribution is 6.76. The minimum Gasteiger partial charge on any atom is -0.294 e. The molecular formula is C14H19NOSi. The van der Waals surface area contributed by atoms with Gasteiger partial charge in [0.25, 0.3) is 0 Å². The molecule has 0 bridgehead atoms. The largest absolute Gasteiger partial charge is 0.294 e. The number of ketones is 1. The van der Waals surface area contributed by atoms with Crippen LogP contribution in [-0.2, 0) is 0 Å². The van der Waals surface area contributed by atoms with Crippen molar-refractivity contribution in [3.05, 3.63) is 35.4 Å². The van der Waals surface area contributed by atoms with E-state index in [0.717, 1.165) is 12.0 Å². The van der Waals surface area contributed by atoms with Crippen LogP contribution in [0, 0.1) is 11.3 Å². The molecule has 0 spiro atoms. The van der Waals surface area contributed by atoms with Crippen molar-refractivity contribution < 1.29 is 4.79 Å². The Morgan fingerprint density at radius 1 is 1.24 bits per heavy atom. The van der Waals surface area contributed by atoms with Crippen molar-refractivity contribution in [3.8, 4) is 6.07 Å². The SMILES string of the molecule is C[Si](C)(C)CCCC(=O)c1ccc(C#N)cc1. The summed E-state index contributed by atoms with van der Waals surface area (Å²) in [6, 6.07) is 10.1. The lowest BCUT2D eigenvalue weighted by Crippen LogP contribution is -2.19. The van der Waals surface area contributed by atoms with E-state index < -0.39 is 8.07 Å². The number of carbonyl (C=O) groups excluding carboxylic acids is 1. The molecular weight excluding hydrogens is 226 g/mol. The van der Waals surface area contributed by atoms with Gasteiger partial charge >= 0.3 is 0 Å². The fourth-order valence-corrected chi connectivity index (χ4v) is 2.89. The molecule has 90 valence electrons. The van der Waals surface area contributed by atoms with Crippen LogP contribution in [0.4, 0.5) is 0 Å². The Hall–Kier alpha value is -1.40. The summed E-state index contributed by atoms with van der Waals surface area (Å²) in [5.74, 6) is 0.188. The van der Waals surface area contributed by atoms with E-state index in [1.807, 2.05) is 0 Å². The Bertz CT molecular complexity index is 423. The highest BCUT2D eigenvalue weighted by Crippen LogP contribution is 2.15. The number of hydrogen-bond donors (Lipinski definition) is 0. The fourth-order valence-electron chi connectivity index (χ4n) is 1.65. The molecule has 0 N–H and O–H groups in total. The van der Waals surface area contributed by atoms with Gasteiger partial charge in [0.1, 0.15) is 0 Å². The van der Waals surface area contributed by atoms with Crippen LogP contribution in [0.2, 0.25) is 25.7 Å². The van der Waals surface area contributed by atoms with Gasteiger partial charge in [0, 0.05) is 20.1 Å². The van der Waals surface area contributed by atoms with Gasteiger partial charge in [0.2, 0.25) is 0 Å². The van der Waals surface area contributed by atoms with E-state index in [9.17, 15) is 4.79 Å². The summed E-state index contributed by atoms with van der Waals surface area (Å²) >= 11 is 0. The average Bonchev–Trinajstić information content (AvgIpc) is 2.27. The van der Waals surface area contributed by atoms with Crippen molar-refractivity contribution in [3.63, 3.8) is 0 Å². The average molecular weight is 245 g/mol. The standard InChI is InChI=1S/C14H19NOSi/c1-17(2,3)10-4-5-14(16)13-8-6-12(11-15)7-9-13/h6-9H,4-5,10H2,1-3H3. The van der Waals surface area contributed by atoms with Crippen molar-refractivity contribution in [1.82, 2.24) is 0 Å². The molecule has 0 atom stereocenters. The van der Waals surface area contributed by atoms with Crippen LogP contribution in [0.5, 0.6) is 0 Å². The van der Waals surface area contributed by atoms with Crippen LogP contribution in [0.15, 0.2) is 24.3 Å². The molecule has 1 aromatic carbocycles. The number of benzene rings is 1. The molecule has 0 heterocycles. The Morgan fingerprint density at radius 3 is 2.29 bits per heavy atom. The maximum Gasteiger partial charge on any atom is 0.162 e. The molecule has 0 aromatic heterocycles. The minimum atomic E-state index is -1.04. The Kier molecular flexibility index (Phi) is 4.65. The van der Waals surface area contributed by atoms with Crippen LogP contribution in [-0.4, -0.2) is 13.9 Å². The zero-order valence-electron chi connectivity index (χ0n) is 10.8. The van der Waals surface area contributed by atoms with Crippen LogP contribution in [0.1, 0.15) is 28.8 Å². The van der Waals surface area contributed by atoms with E-state index in [0.29, 0.717) is 12.0 Å². The maximum absolute atomic E-state index is 11.9. The van der Waals surface area contributed by atoms with Crippen LogP contribution >= 0.6 is 0 Å². The minimum absolute atomic E-state index is 0.188. The molecule has 0 unspecified atom stereocenters. The lowest BCUT2D eigenvalue weighted by atomic mass is 10.1.